The minimum atomic E-state index is -5.21. The lowest BCUT2D eigenvalue weighted by atomic mass is 10.3. The summed E-state index contributed by atoms with van der Waals surface area (Å²) < 4.78 is 78.7. The lowest BCUT2D eigenvalue weighted by molar-refractivity contribution is -0.369. The third kappa shape index (κ3) is 1.60. The molecule has 1 heterocycles. The molecule has 2 atom stereocenters. The van der Waals surface area contributed by atoms with E-state index < -0.39 is 24.4 Å². The monoisotopic (exact) mass is 210 g/mol. The Kier molecular flexibility index (Phi) is 2.04. The van der Waals surface area contributed by atoms with Crippen LogP contribution >= 0.6 is 0 Å². The maximum absolute atomic E-state index is 12.1. The van der Waals surface area contributed by atoms with Gasteiger partial charge < -0.3 is 4.74 Å². The van der Waals surface area contributed by atoms with Crippen LogP contribution in [0.2, 0.25) is 0 Å². The van der Waals surface area contributed by atoms with Crippen molar-refractivity contribution < 1.29 is 35.8 Å². The fraction of sp³-hybridized carbons (Fsp3) is 1.00. The molecular formula is C5H4F6O2. The van der Waals surface area contributed by atoms with Crippen LogP contribution in [0.3, 0.4) is 0 Å². The maximum Gasteiger partial charge on any atom is 0.443 e. The second-order valence-electron chi connectivity index (χ2n) is 2.54. The predicted octanol–water partition coefficient (Wildman–Crippen LogP) is 2.20. The fourth-order valence-electron chi connectivity index (χ4n) is 0.721. The van der Waals surface area contributed by atoms with Crippen molar-refractivity contribution in [3.63, 3.8) is 0 Å². The molecule has 0 spiro atoms. The summed E-state index contributed by atoms with van der Waals surface area (Å²) in [6.07, 6.45) is -13.2. The van der Waals surface area contributed by atoms with Crippen LogP contribution in [0.25, 0.3) is 0 Å². The normalized spacial score (nSPS) is 39.5. The van der Waals surface area contributed by atoms with Gasteiger partial charge in [-0.25, -0.2) is 4.39 Å². The summed E-state index contributed by atoms with van der Waals surface area (Å²) in [5.41, 5.74) is 0. The summed E-state index contributed by atoms with van der Waals surface area (Å²) in [6.45, 7) is 0.181. The highest BCUT2D eigenvalue weighted by Gasteiger charge is 2.69. The first-order chi connectivity index (χ1) is 5.58. The molecule has 13 heavy (non-hydrogen) atoms. The molecule has 1 aliphatic rings. The van der Waals surface area contributed by atoms with E-state index in [-0.39, 0.29) is 6.92 Å². The molecular weight excluding hydrogens is 206 g/mol. The van der Waals surface area contributed by atoms with Crippen molar-refractivity contribution in [2.45, 2.75) is 31.4 Å². The van der Waals surface area contributed by atoms with Crippen molar-refractivity contribution in [3.05, 3.63) is 0 Å². The number of ether oxygens (including phenoxy) is 2. The molecule has 0 aromatic carbocycles. The van der Waals surface area contributed by atoms with Crippen molar-refractivity contribution in [2.75, 3.05) is 0 Å². The summed E-state index contributed by atoms with van der Waals surface area (Å²) in [6, 6.07) is 0. The number of hydrogen-bond acceptors (Lipinski definition) is 2. The Morgan fingerprint density at radius 1 is 1.23 bits per heavy atom. The fourth-order valence-corrected chi connectivity index (χ4v) is 0.721. The number of hydrogen-bond donors (Lipinski definition) is 0. The smallest absolute Gasteiger partial charge is 0.300 e. The summed E-state index contributed by atoms with van der Waals surface area (Å²) in [5, 5.41) is 0. The van der Waals surface area contributed by atoms with Crippen LogP contribution in [0.4, 0.5) is 26.3 Å². The topological polar surface area (TPSA) is 18.5 Å². The predicted molar refractivity (Wildman–Crippen MR) is 26.5 cm³/mol. The molecule has 8 heteroatoms. The van der Waals surface area contributed by atoms with Crippen LogP contribution in [0.15, 0.2) is 0 Å². The van der Waals surface area contributed by atoms with Gasteiger partial charge in [-0.15, -0.1) is 0 Å². The Morgan fingerprint density at radius 3 is 1.85 bits per heavy atom. The molecule has 0 radical (unpaired) electrons. The quantitative estimate of drug-likeness (QED) is 0.570. The van der Waals surface area contributed by atoms with E-state index in [1.54, 1.807) is 0 Å². The Morgan fingerprint density at radius 2 is 1.69 bits per heavy atom. The van der Waals surface area contributed by atoms with Crippen LogP contribution in [0.5, 0.6) is 0 Å². The van der Waals surface area contributed by atoms with Crippen molar-refractivity contribution >= 4 is 0 Å². The Hall–Kier alpha value is -0.500. The standard InChI is InChI=1S/C5H4F6O2/c1-3(5(9,10)11)12-2(6)4(7,8)13-3/h2H,1H3. The molecule has 0 aromatic rings. The molecule has 0 aromatic heterocycles. The van der Waals surface area contributed by atoms with E-state index in [0.29, 0.717) is 0 Å². The summed E-state index contributed by atoms with van der Waals surface area (Å²) in [4.78, 5) is 0. The lowest BCUT2D eigenvalue weighted by Gasteiger charge is -2.24. The molecule has 0 N–H and O–H groups in total. The van der Waals surface area contributed by atoms with Gasteiger partial charge in [-0.3, -0.25) is 4.74 Å². The zero-order chi connectivity index (χ0) is 10.5. The molecule has 78 valence electrons. The highest BCUT2D eigenvalue weighted by Crippen LogP contribution is 2.47. The first-order valence-corrected chi connectivity index (χ1v) is 3.05. The van der Waals surface area contributed by atoms with E-state index in [0.717, 1.165) is 0 Å². The SMILES string of the molecule is CC1(C(F)(F)F)OC(F)C(F)(F)O1. The van der Waals surface area contributed by atoms with E-state index >= 15 is 0 Å². The maximum atomic E-state index is 12.1. The summed E-state index contributed by atoms with van der Waals surface area (Å²) >= 11 is 0. The average molecular weight is 210 g/mol. The number of alkyl halides is 6. The van der Waals surface area contributed by atoms with Gasteiger partial charge in [0.25, 0.3) is 12.1 Å². The Labute approximate surface area is 68.4 Å². The summed E-state index contributed by atoms with van der Waals surface area (Å²) in [7, 11) is 0. The van der Waals surface area contributed by atoms with Gasteiger partial charge in [-0.05, 0) is 6.92 Å². The third-order valence-electron chi connectivity index (χ3n) is 1.44. The van der Waals surface area contributed by atoms with Gasteiger partial charge in [-0.1, -0.05) is 0 Å². The van der Waals surface area contributed by atoms with Crippen molar-refractivity contribution in [1.29, 1.82) is 0 Å². The minimum Gasteiger partial charge on any atom is -0.300 e. The van der Waals surface area contributed by atoms with Crippen LogP contribution in [-0.4, -0.2) is 24.4 Å². The molecule has 1 saturated heterocycles. The molecule has 1 rings (SSSR count). The van der Waals surface area contributed by atoms with Crippen molar-refractivity contribution in [2.24, 2.45) is 0 Å². The van der Waals surface area contributed by atoms with E-state index in [1.807, 2.05) is 0 Å². The van der Waals surface area contributed by atoms with Crippen LogP contribution in [0.1, 0.15) is 6.92 Å². The second kappa shape index (κ2) is 2.50. The average Bonchev–Trinajstić information content (AvgIpc) is 2.01. The number of halogens is 6. The van der Waals surface area contributed by atoms with Gasteiger partial charge in [0.05, 0.1) is 0 Å². The van der Waals surface area contributed by atoms with Crippen LogP contribution in [-0.2, 0) is 9.47 Å². The van der Waals surface area contributed by atoms with E-state index in [9.17, 15) is 26.3 Å². The largest absolute Gasteiger partial charge is 0.443 e. The van der Waals surface area contributed by atoms with Crippen molar-refractivity contribution in [1.82, 2.24) is 0 Å². The minimum absolute atomic E-state index is 0.181. The molecule has 2 nitrogen and oxygen atoms in total. The third-order valence-corrected chi connectivity index (χ3v) is 1.44. The molecule has 0 bridgehead atoms. The van der Waals surface area contributed by atoms with Gasteiger partial charge in [0.1, 0.15) is 0 Å². The van der Waals surface area contributed by atoms with Crippen LogP contribution < -0.4 is 0 Å². The van der Waals surface area contributed by atoms with Gasteiger partial charge in [0.15, 0.2) is 0 Å². The van der Waals surface area contributed by atoms with Crippen LogP contribution in [0, 0.1) is 0 Å². The van der Waals surface area contributed by atoms with Crippen molar-refractivity contribution in [3.8, 4) is 0 Å². The number of rotatable bonds is 0. The zero-order valence-corrected chi connectivity index (χ0v) is 6.16. The lowest BCUT2D eigenvalue weighted by Crippen LogP contribution is -2.44. The molecule has 0 aliphatic carbocycles. The first kappa shape index (κ1) is 10.6. The molecule has 0 amide bonds. The Balaban J connectivity index is 2.89. The molecule has 1 fully saturated rings. The van der Waals surface area contributed by atoms with Gasteiger partial charge in [-0.2, -0.15) is 22.0 Å². The molecule has 2 unspecified atom stereocenters. The Bertz CT molecular complexity index is 210. The van der Waals surface area contributed by atoms with E-state index in [2.05, 4.69) is 9.47 Å². The van der Waals surface area contributed by atoms with Gasteiger partial charge in [0.2, 0.25) is 0 Å². The second-order valence-corrected chi connectivity index (χ2v) is 2.54. The highest BCUT2D eigenvalue weighted by atomic mass is 19.4. The zero-order valence-electron chi connectivity index (χ0n) is 6.16. The van der Waals surface area contributed by atoms with E-state index in [4.69, 9.17) is 0 Å². The molecule has 0 saturated carbocycles. The van der Waals surface area contributed by atoms with Gasteiger partial charge in [0, 0.05) is 0 Å². The summed E-state index contributed by atoms with van der Waals surface area (Å²) in [5.74, 6) is -3.59. The first-order valence-electron chi connectivity index (χ1n) is 3.05. The molecule has 1 aliphatic heterocycles. The highest BCUT2D eigenvalue weighted by molar-refractivity contribution is 4.83. The van der Waals surface area contributed by atoms with Gasteiger partial charge >= 0.3 is 12.3 Å². The van der Waals surface area contributed by atoms with E-state index in [1.165, 1.54) is 0 Å².